The van der Waals surface area contributed by atoms with Crippen LogP contribution in [0.1, 0.15) is 25.8 Å². The average molecular weight is 244 g/mol. The fraction of sp³-hybridized carbons (Fsp3) is 0.533. The first-order valence-electron chi connectivity index (χ1n) is 6.43. The molecule has 0 amide bonds. The molecule has 1 unspecified atom stereocenters. The monoisotopic (exact) mass is 244 g/mol. The van der Waals surface area contributed by atoms with Gasteiger partial charge in [0.1, 0.15) is 6.07 Å². The summed E-state index contributed by atoms with van der Waals surface area (Å²) in [5, 5.41) is 18.6. The van der Waals surface area contributed by atoms with E-state index in [1.54, 1.807) is 0 Å². The maximum absolute atomic E-state index is 9.41. The van der Waals surface area contributed by atoms with E-state index < -0.39 is 0 Å². The topological polar surface area (TPSA) is 47.3 Å². The molecule has 1 N–H and O–H groups in total. The predicted octanol–water partition coefficient (Wildman–Crippen LogP) is 2.40. The quantitative estimate of drug-likeness (QED) is 0.869. The number of nitrogens with zero attached hydrogens (tertiary/aromatic N) is 2. The molecule has 1 aromatic carbocycles. The lowest BCUT2D eigenvalue weighted by molar-refractivity contribution is 0.0972. The number of hydrogen-bond donors (Lipinski definition) is 1. The van der Waals surface area contributed by atoms with Crippen molar-refractivity contribution in [2.45, 2.75) is 20.3 Å². The highest BCUT2D eigenvalue weighted by Gasteiger charge is 2.35. The van der Waals surface area contributed by atoms with Crippen LogP contribution < -0.4 is 4.90 Å². The summed E-state index contributed by atoms with van der Waals surface area (Å²) in [4.78, 5) is 2.27. The molecule has 0 saturated carbocycles. The minimum absolute atomic E-state index is 0.0789. The van der Waals surface area contributed by atoms with Gasteiger partial charge in [-0.05, 0) is 29.9 Å². The number of aliphatic hydroxyl groups excluding tert-OH is 1. The van der Waals surface area contributed by atoms with Gasteiger partial charge >= 0.3 is 0 Å². The van der Waals surface area contributed by atoms with Crippen LogP contribution in [0.3, 0.4) is 0 Å². The molecule has 1 heterocycles. The Bertz CT molecular complexity index is 462. The van der Waals surface area contributed by atoms with Gasteiger partial charge in [0, 0.05) is 19.7 Å². The van der Waals surface area contributed by atoms with Crippen LogP contribution in [0.25, 0.3) is 0 Å². The van der Waals surface area contributed by atoms with E-state index in [1.165, 1.54) is 0 Å². The molecule has 3 heteroatoms. The van der Waals surface area contributed by atoms with Crippen molar-refractivity contribution in [2.75, 3.05) is 24.6 Å². The minimum Gasteiger partial charge on any atom is -0.396 e. The summed E-state index contributed by atoms with van der Waals surface area (Å²) >= 11 is 0. The van der Waals surface area contributed by atoms with Crippen LogP contribution in [-0.4, -0.2) is 24.8 Å². The zero-order valence-electron chi connectivity index (χ0n) is 11.1. The molecule has 1 aliphatic rings. The van der Waals surface area contributed by atoms with E-state index in [-0.39, 0.29) is 12.0 Å². The normalized spacial score (nSPS) is 22.6. The van der Waals surface area contributed by atoms with Crippen LogP contribution in [0, 0.1) is 22.7 Å². The third-order valence-electron chi connectivity index (χ3n) is 4.04. The Morgan fingerprint density at radius 3 is 2.78 bits per heavy atom. The molecule has 0 radical (unpaired) electrons. The van der Waals surface area contributed by atoms with Crippen LogP contribution in [-0.2, 0) is 0 Å². The highest BCUT2D eigenvalue weighted by atomic mass is 16.3. The third-order valence-corrected chi connectivity index (χ3v) is 4.04. The van der Waals surface area contributed by atoms with Crippen molar-refractivity contribution in [3.8, 4) is 6.07 Å². The van der Waals surface area contributed by atoms with Gasteiger partial charge in [-0.15, -0.1) is 0 Å². The Kier molecular flexibility index (Phi) is 3.58. The molecular weight excluding hydrogens is 224 g/mol. The zero-order valence-corrected chi connectivity index (χ0v) is 11.1. The standard InChI is InChI=1S/C15H20N2O/c1-15(2)11-17(8-7-13(15)10-18)14-6-4-3-5-12(14)9-16/h3-6,13,18H,7-8,10-11H2,1-2H3. The van der Waals surface area contributed by atoms with Crippen LogP contribution in [0.15, 0.2) is 24.3 Å². The summed E-state index contributed by atoms with van der Waals surface area (Å²) < 4.78 is 0. The van der Waals surface area contributed by atoms with E-state index in [9.17, 15) is 5.11 Å². The first-order chi connectivity index (χ1) is 8.58. The fourth-order valence-corrected chi connectivity index (χ4v) is 2.79. The Labute approximate surface area is 109 Å². The van der Waals surface area contributed by atoms with Gasteiger partial charge in [-0.25, -0.2) is 0 Å². The molecule has 0 spiro atoms. The minimum atomic E-state index is 0.0789. The Hall–Kier alpha value is -1.53. The summed E-state index contributed by atoms with van der Waals surface area (Å²) in [6, 6.07) is 9.99. The van der Waals surface area contributed by atoms with Crippen LogP contribution >= 0.6 is 0 Å². The number of nitriles is 1. The number of rotatable bonds is 2. The highest BCUT2D eigenvalue weighted by Crippen LogP contribution is 2.37. The maximum atomic E-state index is 9.41. The Balaban J connectivity index is 2.24. The van der Waals surface area contributed by atoms with Crippen molar-refractivity contribution in [3.63, 3.8) is 0 Å². The summed E-state index contributed by atoms with van der Waals surface area (Å²) in [5.41, 5.74) is 1.83. The molecule has 3 nitrogen and oxygen atoms in total. The maximum Gasteiger partial charge on any atom is 0.101 e. The smallest absolute Gasteiger partial charge is 0.101 e. The summed E-state index contributed by atoms with van der Waals surface area (Å²) in [7, 11) is 0. The Morgan fingerprint density at radius 1 is 1.44 bits per heavy atom. The van der Waals surface area contributed by atoms with Crippen molar-refractivity contribution in [3.05, 3.63) is 29.8 Å². The number of piperidine rings is 1. The van der Waals surface area contributed by atoms with Crippen molar-refractivity contribution >= 4 is 5.69 Å². The van der Waals surface area contributed by atoms with E-state index in [0.717, 1.165) is 30.8 Å². The lowest BCUT2D eigenvalue weighted by Crippen LogP contribution is -2.47. The van der Waals surface area contributed by atoms with Gasteiger partial charge in [-0.3, -0.25) is 0 Å². The number of benzene rings is 1. The fourth-order valence-electron chi connectivity index (χ4n) is 2.79. The molecule has 18 heavy (non-hydrogen) atoms. The van der Waals surface area contributed by atoms with Crippen molar-refractivity contribution in [2.24, 2.45) is 11.3 Å². The van der Waals surface area contributed by atoms with Crippen molar-refractivity contribution in [1.82, 2.24) is 0 Å². The largest absolute Gasteiger partial charge is 0.396 e. The van der Waals surface area contributed by atoms with E-state index in [4.69, 9.17) is 5.26 Å². The summed E-state index contributed by atoms with van der Waals surface area (Å²) in [6.45, 7) is 6.43. The Morgan fingerprint density at radius 2 is 2.17 bits per heavy atom. The second-order valence-corrected chi connectivity index (χ2v) is 5.71. The molecule has 0 aliphatic carbocycles. The van der Waals surface area contributed by atoms with Gasteiger partial charge in [0.2, 0.25) is 0 Å². The molecule has 1 aromatic rings. The molecule has 1 fully saturated rings. The van der Waals surface area contributed by atoms with Gasteiger partial charge in [-0.2, -0.15) is 5.26 Å². The van der Waals surface area contributed by atoms with E-state index in [2.05, 4.69) is 24.8 Å². The first-order valence-corrected chi connectivity index (χ1v) is 6.43. The molecule has 1 atom stereocenters. The van der Waals surface area contributed by atoms with Crippen molar-refractivity contribution in [1.29, 1.82) is 5.26 Å². The molecule has 0 aromatic heterocycles. The van der Waals surface area contributed by atoms with Crippen LogP contribution in [0.5, 0.6) is 0 Å². The summed E-state index contributed by atoms with van der Waals surface area (Å²) in [6.07, 6.45) is 0.975. The van der Waals surface area contributed by atoms with Gasteiger partial charge in [0.15, 0.2) is 0 Å². The lowest BCUT2D eigenvalue weighted by atomic mass is 9.74. The van der Waals surface area contributed by atoms with Crippen LogP contribution in [0.4, 0.5) is 5.69 Å². The number of aliphatic hydroxyl groups is 1. The van der Waals surface area contributed by atoms with E-state index in [1.807, 2.05) is 24.3 Å². The van der Waals surface area contributed by atoms with Gasteiger partial charge in [0.25, 0.3) is 0 Å². The highest BCUT2D eigenvalue weighted by molar-refractivity contribution is 5.59. The molecule has 1 aliphatic heterocycles. The number of hydrogen-bond acceptors (Lipinski definition) is 3. The van der Waals surface area contributed by atoms with Gasteiger partial charge in [-0.1, -0.05) is 26.0 Å². The predicted molar refractivity (Wildman–Crippen MR) is 72.3 cm³/mol. The molecule has 1 saturated heterocycles. The van der Waals surface area contributed by atoms with Gasteiger partial charge in [0.05, 0.1) is 11.3 Å². The molecule has 0 bridgehead atoms. The number of anilines is 1. The second kappa shape index (κ2) is 4.99. The van der Waals surface area contributed by atoms with Gasteiger partial charge < -0.3 is 10.0 Å². The molecular formula is C15H20N2O. The third kappa shape index (κ3) is 2.34. The number of para-hydroxylation sites is 1. The molecule has 2 rings (SSSR count). The van der Waals surface area contributed by atoms with E-state index in [0.29, 0.717) is 5.92 Å². The van der Waals surface area contributed by atoms with Crippen LogP contribution in [0.2, 0.25) is 0 Å². The molecule has 96 valence electrons. The zero-order chi connectivity index (χ0) is 13.2. The first kappa shape index (κ1) is 12.9. The lowest BCUT2D eigenvalue weighted by Gasteiger charge is -2.44. The average Bonchev–Trinajstić information content (AvgIpc) is 2.37. The van der Waals surface area contributed by atoms with E-state index >= 15 is 0 Å². The second-order valence-electron chi connectivity index (χ2n) is 5.71. The summed E-state index contributed by atoms with van der Waals surface area (Å²) in [5.74, 6) is 0.350. The van der Waals surface area contributed by atoms with Crippen molar-refractivity contribution < 1.29 is 5.11 Å². The SMILES string of the molecule is CC1(C)CN(c2ccccc2C#N)CCC1CO.